The van der Waals surface area contributed by atoms with Gasteiger partial charge in [0.15, 0.2) is 0 Å². The first-order valence-electron chi connectivity index (χ1n) is 4.42. The molecule has 0 fully saturated rings. The summed E-state index contributed by atoms with van der Waals surface area (Å²) in [4.78, 5) is 32.2. The Morgan fingerprint density at radius 2 is 2.00 bits per heavy atom. The quantitative estimate of drug-likeness (QED) is 0.515. The van der Waals surface area contributed by atoms with Crippen LogP contribution in [0.1, 0.15) is 0 Å². The van der Waals surface area contributed by atoms with E-state index in [1.54, 1.807) is 0 Å². The minimum absolute atomic E-state index is 0.0655. The molecule has 0 bridgehead atoms. The van der Waals surface area contributed by atoms with Crippen molar-refractivity contribution in [3.8, 4) is 0 Å². The van der Waals surface area contributed by atoms with Crippen molar-refractivity contribution < 1.29 is 24.2 Å². The van der Waals surface area contributed by atoms with Crippen molar-refractivity contribution in [1.82, 2.24) is 10.6 Å². The van der Waals surface area contributed by atoms with Gasteiger partial charge in [0.25, 0.3) is 0 Å². The van der Waals surface area contributed by atoms with Crippen molar-refractivity contribution in [3.05, 3.63) is 0 Å². The number of nitrogens with one attached hydrogen (secondary N) is 2. The molecule has 16 heavy (non-hydrogen) atoms. The van der Waals surface area contributed by atoms with Crippen LogP contribution in [0.15, 0.2) is 0 Å². The molecule has 92 valence electrons. The maximum absolute atomic E-state index is 11.1. The van der Waals surface area contributed by atoms with Gasteiger partial charge in [-0.3, -0.25) is 14.9 Å². The minimum Gasteiger partial charge on any atom is -0.481 e. The molecule has 0 aliphatic carbocycles. The average molecular weight is 250 g/mol. The number of amides is 3. The van der Waals surface area contributed by atoms with Crippen molar-refractivity contribution in [2.75, 3.05) is 31.8 Å². The number of aliphatic carboxylic acids is 1. The number of methoxy groups -OCH3 is 1. The first kappa shape index (κ1) is 14.7. The molecule has 7 nitrogen and oxygen atoms in total. The summed E-state index contributed by atoms with van der Waals surface area (Å²) in [5, 5.41) is 12.8. The van der Waals surface area contributed by atoms with Crippen LogP contribution in [0.3, 0.4) is 0 Å². The highest BCUT2D eigenvalue weighted by Crippen LogP contribution is 1.97. The van der Waals surface area contributed by atoms with E-state index in [1.165, 1.54) is 7.11 Å². The third-order valence-electron chi connectivity index (χ3n) is 1.30. The molecule has 3 amide bonds. The first-order chi connectivity index (χ1) is 7.56. The number of hydrogen-bond donors (Lipinski definition) is 3. The monoisotopic (exact) mass is 250 g/mol. The molecular weight excluding hydrogens is 236 g/mol. The van der Waals surface area contributed by atoms with Gasteiger partial charge in [-0.25, -0.2) is 4.79 Å². The zero-order valence-corrected chi connectivity index (χ0v) is 9.63. The Kier molecular flexibility index (Phi) is 8.26. The zero-order valence-electron chi connectivity index (χ0n) is 8.82. The average Bonchev–Trinajstić information content (AvgIpc) is 2.17. The first-order valence-corrected chi connectivity index (χ1v) is 5.58. The summed E-state index contributed by atoms with van der Waals surface area (Å²) in [5.74, 6) is -1.76. The number of carbonyl (C=O) groups excluding carboxylic acids is 2. The number of ether oxygens (including phenoxy) is 1. The number of carboxylic acids is 1. The predicted molar refractivity (Wildman–Crippen MR) is 58.4 cm³/mol. The molecule has 0 saturated carbocycles. The molecule has 0 unspecified atom stereocenters. The molecule has 0 atom stereocenters. The smallest absolute Gasteiger partial charge is 0.321 e. The molecule has 0 aliphatic heterocycles. The largest absolute Gasteiger partial charge is 0.481 e. The van der Waals surface area contributed by atoms with E-state index in [1.807, 2.05) is 0 Å². The van der Waals surface area contributed by atoms with Gasteiger partial charge in [-0.1, -0.05) is 0 Å². The van der Waals surface area contributed by atoms with Crippen molar-refractivity contribution in [3.63, 3.8) is 0 Å². The van der Waals surface area contributed by atoms with Crippen molar-refractivity contribution in [2.24, 2.45) is 0 Å². The molecule has 0 aromatic rings. The van der Waals surface area contributed by atoms with Gasteiger partial charge >= 0.3 is 12.0 Å². The summed E-state index contributed by atoms with van der Waals surface area (Å²) in [5.41, 5.74) is 0. The molecule has 0 aromatic heterocycles. The number of rotatable bonds is 7. The Hall–Kier alpha value is -1.28. The van der Waals surface area contributed by atoms with Crippen LogP contribution >= 0.6 is 11.8 Å². The van der Waals surface area contributed by atoms with Crippen LogP contribution in [0.4, 0.5) is 4.79 Å². The summed E-state index contributed by atoms with van der Waals surface area (Å²) in [6.45, 7) is 0.660. The van der Waals surface area contributed by atoms with Crippen LogP contribution in [-0.4, -0.2) is 54.8 Å². The predicted octanol–water partition coefficient (Wildman–Crippen LogP) is -0.724. The highest BCUT2D eigenvalue weighted by molar-refractivity contribution is 8.00. The van der Waals surface area contributed by atoms with Crippen molar-refractivity contribution >= 4 is 29.7 Å². The van der Waals surface area contributed by atoms with Gasteiger partial charge in [-0.2, -0.15) is 0 Å². The van der Waals surface area contributed by atoms with E-state index in [9.17, 15) is 14.4 Å². The number of urea groups is 1. The maximum atomic E-state index is 11.1. The SMILES string of the molecule is COCCNC(=O)NC(=O)CSCC(=O)O. The summed E-state index contributed by atoms with van der Waals surface area (Å²) >= 11 is 0.924. The second-order valence-electron chi connectivity index (χ2n) is 2.68. The number of thioether (sulfide) groups is 1. The number of imide groups is 1. The summed E-state index contributed by atoms with van der Waals surface area (Å²) in [7, 11) is 1.49. The van der Waals surface area contributed by atoms with Gasteiger partial charge in [-0.05, 0) is 0 Å². The molecule has 0 saturated heterocycles. The third-order valence-corrected chi connectivity index (χ3v) is 2.22. The van der Waals surface area contributed by atoms with Crippen LogP contribution in [0.2, 0.25) is 0 Å². The molecule has 0 aromatic carbocycles. The molecule has 8 heteroatoms. The van der Waals surface area contributed by atoms with Crippen LogP contribution in [0.25, 0.3) is 0 Å². The fraction of sp³-hybridized carbons (Fsp3) is 0.625. The topological polar surface area (TPSA) is 105 Å². The molecule has 3 N–H and O–H groups in total. The van der Waals surface area contributed by atoms with E-state index < -0.39 is 17.9 Å². The fourth-order valence-electron chi connectivity index (χ4n) is 0.705. The number of carbonyl (C=O) groups is 3. The lowest BCUT2D eigenvalue weighted by atomic mass is 10.6. The standard InChI is InChI=1S/C8H14N2O5S/c1-15-3-2-9-8(14)10-6(11)4-16-5-7(12)13/h2-5H2,1H3,(H,12,13)(H2,9,10,11,14). The van der Waals surface area contributed by atoms with E-state index >= 15 is 0 Å². The van der Waals surface area contributed by atoms with E-state index in [0.29, 0.717) is 13.2 Å². The van der Waals surface area contributed by atoms with E-state index in [0.717, 1.165) is 11.8 Å². The van der Waals surface area contributed by atoms with Crippen molar-refractivity contribution in [1.29, 1.82) is 0 Å². The normalized spacial score (nSPS) is 9.56. The molecule has 0 heterocycles. The summed E-state index contributed by atoms with van der Waals surface area (Å²) in [6.07, 6.45) is 0. The zero-order chi connectivity index (χ0) is 12.4. The molecule has 0 rings (SSSR count). The Morgan fingerprint density at radius 1 is 1.31 bits per heavy atom. The van der Waals surface area contributed by atoms with Gasteiger partial charge in [0.2, 0.25) is 5.91 Å². The van der Waals surface area contributed by atoms with Crippen molar-refractivity contribution in [2.45, 2.75) is 0 Å². The van der Waals surface area contributed by atoms with Gasteiger partial charge in [-0.15, -0.1) is 11.8 Å². The van der Waals surface area contributed by atoms with Crippen LogP contribution in [-0.2, 0) is 14.3 Å². The summed E-state index contributed by atoms with van der Waals surface area (Å²) < 4.78 is 4.69. The highest BCUT2D eigenvalue weighted by Gasteiger charge is 2.07. The fourth-order valence-corrected chi connectivity index (χ4v) is 1.24. The number of carboxylic acid groups (broad SMARTS) is 1. The van der Waals surface area contributed by atoms with Gasteiger partial charge < -0.3 is 15.2 Å². The number of hydrogen-bond acceptors (Lipinski definition) is 5. The van der Waals surface area contributed by atoms with Gasteiger partial charge in [0.05, 0.1) is 18.1 Å². The van der Waals surface area contributed by atoms with Crippen LogP contribution in [0, 0.1) is 0 Å². The summed E-state index contributed by atoms with van der Waals surface area (Å²) in [6, 6.07) is -0.613. The van der Waals surface area contributed by atoms with E-state index in [-0.39, 0.29) is 11.5 Å². The van der Waals surface area contributed by atoms with E-state index in [2.05, 4.69) is 10.6 Å². The Balaban J connectivity index is 3.54. The van der Waals surface area contributed by atoms with Gasteiger partial charge in [0.1, 0.15) is 0 Å². The third kappa shape index (κ3) is 9.28. The highest BCUT2D eigenvalue weighted by atomic mass is 32.2. The van der Waals surface area contributed by atoms with Crippen LogP contribution < -0.4 is 10.6 Å². The van der Waals surface area contributed by atoms with Crippen LogP contribution in [0.5, 0.6) is 0 Å². The molecule has 0 radical (unpaired) electrons. The van der Waals surface area contributed by atoms with E-state index in [4.69, 9.17) is 9.84 Å². The van der Waals surface area contributed by atoms with Gasteiger partial charge in [0, 0.05) is 13.7 Å². The lowest BCUT2D eigenvalue weighted by Crippen LogP contribution is -2.41. The molecule has 0 spiro atoms. The Labute approximate surface area is 96.9 Å². The Morgan fingerprint density at radius 3 is 2.56 bits per heavy atom. The maximum Gasteiger partial charge on any atom is 0.321 e. The minimum atomic E-state index is -0.998. The Bertz CT molecular complexity index is 259. The lowest BCUT2D eigenvalue weighted by molar-refractivity contribution is -0.133. The molecule has 0 aliphatic rings. The molecular formula is C8H14N2O5S. The second kappa shape index (κ2) is 8.98. The second-order valence-corrected chi connectivity index (χ2v) is 3.67. The lowest BCUT2D eigenvalue weighted by Gasteiger charge is -2.05.